The summed E-state index contributed by atoms with van der Waals surface area (Å²) in [6.07, 6.45) is 3.92. The van der Waals surface area contributed by atoms with Gasteiger partial charge in [-0.2, -0.15) is 0 Å². The first kappa shape index (κ1) is 23.9. The Kier molecular flexibility index (Phi) is 6.89. The van der Waals surface area contributed by atoms with Gasteiger partial charge in [-0.05, 0) is 48.8 Å². The van der Waals surface area contributed by atoms with Crippen molar-refractivity contribution in [2.24, 2.45) is 5.41 Å². The van der Waals surface area contributed by atoms with Crippen LogP contribution in [-0.2, 0) is 16.1 Å². The quantitative estimate of drug-likeness (QED) is 0.709. The highest BCUT2D eigenvalue weighted by atomic mass is 16.6. The summed E-state index contributed by atoms with van der Waals surface area (Å²) < 4.78 is 11.4. The molecule has 1 aromatic rings. The van der Waals surface area contributed by atoms with Crippen LogP contribution in [0.2, 0.25) is 0 Å². The molecular weight excluding hydrogens is 418 g/mol. The van der Waals surface area contributed by atoms with Gasteiger partial charge < -0.3 is 19.7 Å². The minimum absolute atomic E-state index is 0.0263. The van der Waals surface area contributed by atoms with Gasteiger partial charge in [0.15, 0.2) is 11.5 Å². The number of nitrogens with one attached hydrogen (secondary N) is 1. The van der Waals surface area contributed by atoms with E-state index in [0.717, 1.165) is 44.0 Å². The molecule has 1 atom stereocenters. The van der Waals surface area contributed by atoms with Gasteiger partial charge in [0.2, 0.25) is 11.8 Å². The van der Waals surface area contributed by atoms with Crippen LogP contribution in [-0.4, -0.2) is 66.0 Å². The van der Waals surface area contributed by atoms with Crippen molar-refractivity contribution in [3.05, 3.63) is 23.8 Å². The molecule has 4 rings (SSSR count). The van der Waals surface area contributed by atoms with Crippen LogP contribution < -0.4 is 14.8 Å². The van der Waals surface area contributed by atoms with Crippen LogP contribution in [0.5, 0.6) is 11.5 Å². The topological polar surface area (TPSA) is 71.1 Å². The van der Waals surface area contributed by atoms with Gasteiger partial charge in [0.1, 0.15) is 24.8 Å². The number of likely N-dealkylation sites (tertiary alicyclic amines) is 1. The Bertz CT molecular complexity index is 871. The average Bonchev–Trinajstić information content (AvgIpc) is 2.78. The highest BCUT2D eigenvalue weighted by Gasteiger charge is 2.53. The number of benzene rings is 1. The van der Waals surface area contributed by atoms with E-state index in [1.165, 1.54) is 5.56 Å². The van der Waals surface area contributed by atoms with E-state index in [1.54, 1.807) is 0 Å². The van der Waals surface area contributed by atoms with E-state index in [0.29, 0.717) is 39.0 Å². The molecule has 0 bridgehead atoms. The average molecular weight is 458 g/mol. The van der Waals surface area contributed by atoms with E-state index in [1.807, 2.05) is 11.0 Å². The molecule has 0 saturated carbocycles. The Morgan fingerprint density at radius 2 is 1.79 bits per heavy atom. The first-order valence-corrected chi connectivity index (χ1v) is 12.5. The van der Waals surface area contributed by atoms with E-state index >= 15 is 0 Å². The molecule has 7 nitrogen and oxygen atoms in total. The summed E-state index contributed by atoms with van der Waals surface area (Å²) in [5, 5.41) is 3.11. The van der Waals surface area contributed by atoms with Crippen LogP contribution >= 0.6 is 0 Å². The van der Waals surface area contributed by atoms with Crippen LogP contribution in [0, 0.1) is 5.41 Å². The Balaban J connectivity index is 1.45. The van der Waals surface area contributed by atoms with E-state index < -0.39 is 11.6 Å². The zero-order chi connectivity index (χ0) is 23.6. The number of rotatable bonds is 6. The number of piperidine rings is 1. The fraction of sp³-hybridized carbons (Fsp3) is 0.692. The maximum Gasteiger partial charge on any atom is 0.246 e. The Morgan fingerprint density at radius 3 is 2.45 bits per heavy atom. The lowest BCUT2D eigenvalue weighted by Crippen LogP contribution is -2.73. The first-order chi connectivity index (χ1) is 15.7. The molecule has 2 saturated heterocycles. The number of unbranched alkanes of at least 4 members (excludes halogenated alkanes) is 1. The molecule has 1 spiro atoms. The number of fused-ring (bicyclic) bond motifs is 1. The fourth-order valence-electron chi connectivity index (χ4n) is 5.29. The van der Waals surface area contributed by atoms with Gasteiger partial charge in [-0.25, -0.2) is 0 Å². The molecule has 2 amide bonds. The number of piperazine rings is 1. The molecular formula is C26H39N3O4. The zero-order valence-electron chi connectivity index (χ0n) is 20.6. The Morgan fingerprint density at radius 1 is 1.09 bits per heavy atom. The zero-order valence-corrected chi connectivity index (χ0v) is 20.6. The molecule has 0 aromatic heterocycles. The van der Waals surface area contributed by atoms with Crippen molar-refractivity contribution in [3.8, 4) is 11.5 Å². The van der Waals surface area contributed by atoms with Gasteiger partial charge in [-0.1, -0.05) is 40.2 Å². The molecule has 3 aliphatic heterocycles. The third kappa shape index (κ3) is 5.13. The Hall–Kier alpha value is -2.28. The smallest absolute Gasteiger partial charge is 0.246 e. The second kappa shape index (κ2) is 9.53. The van der Waals surface area contributed by atoms with Crippen molar-refractivity contribution in [2.45, 2.75) is 77.9 Å². The van der Waals surface area contributed by atoms with Crippen LogP contribution in [0.1, 0.15) is 65.4 Å². The van der Waals surface area contributed by atoms with Crippen molar-refractivity contribution in [1.82, 2.24) is 15.1 Å². The van der Waals surface area contributed by atoms with Crippen molar-refractivity contribution < 1.29 is 19.1 Å². The summed E-state index contributed by atoms with van der Waals surface area (Å²) in [5.41, 5.74) is 0.429. The normalized spacial score (nSPS) is 23.0. The molecule has 7 heteroatoms. The van der Waals surface area contributed by atoms with Crippen LogP contribution in [0.4, 0.5) is 0 Å². The van der Waals surface area contributed by atoms with Crippen molar-refractivity contribution in [2.75, 3.05) is 32.8 Å². The summed E-state index contributed by atoms with van der Waals surface area (Å²) in [7, 11) is 0. The predicted molar refractivity (Wildman–Crippen MR) is 127 cm³/mol. The second-order valence-electron chi connectivity index (χ2n) is 10.9. The van der Waals surface area contributed by atoms with Gasteiger partial charge in [0, 0.05) is 26.2 Å². The summed E-state index contributed by atoms with van der Waals surface area (Å²) in [4.78, 5) is 31.3. The number of carbonyl (C=O) groups excluding carboxylic acids is 2. The van der Waals surface area contributed by atoms with E-state index in [9.17, 15) is 9.59 Å². The highest BCUT2D eigenvalue weighted by molar-refractivity contribution is 6.00. The second-order valence-corrected chi connectivity index (χ2v) is 10.9. The monoisotopic (exact) mass is 457 g/mol. The molecule has 2 fully saturated rings. The lowest BCUT2D eigenvalue weighted by Gasteiger charge is -2.52. The summed E-state index contributed by atoms with van der Waals surface area (Å²) >= 11 is 0. The van der Waals surface area contributed by atoms with Gasteiger partial charge in [-0.15, -0.1) is 0 Å². The first-order valence-electron chi connectivity index (χ1n) is 12.5. The molecule has 182 valence electrons. The predicted octanol–water partition coefficient (Wildman–Crippen LogP) is 3.36. The largest absolute Gasteiger partial charge is 0.486 e. The molecule has 0 aliphatic carbocycles. The lowest BCUT2D eigenvalue weighted by atomic mass is 9.79. The van der Waals surface area contributed by atoms with Gasteiger partial charge in [0.25, 0.3) is 0 Å². The number of hydrogen-bond donors (Lipinski definition) is 1. The van der Waals surface area contributed by atoms with Gasteiger partial charge >= 0.3 is 0 Å². The third-order valence-corrected chi connectivity index (χ3v) is 7.06. The summed E-state index contributed by atoms with van der Waals surface area (Å²) in [6, 6.07) is 5.69. The van der Waals surface area contributed by atoms with Crippen LogP contribution in [0.15, 0.2) is 18.2 Å². The number of hydrogen-bond acceptors (Lipinski definition) is 5. The van der Waals surface area contributed by atoms with Crippen molar-refractivity contribution in [3.63, 3.8) is 0 Å². The number of ether oxygens (including phenoxy) is 2. The van der Waals surface area contributed by atoms with Crippen LogP contribution in [0.3, 0.4) is 0 Å². The minimum Gasteiger partial charge on any atom is -0.486 e. The summed E-state index contributed by atoms with van der Waals surface area (Å²) in [6.45, 7) is 12.7. The molecule has 0 radical (unpaired) electrons. The standard InChI is InChI=1S/C26H39N3O4/c1-5-6-11-29-23(30)20(17-25(2,3)4)27-24(31)26(29)9-12-28(13-10-26)18-19-7-8-21-22(16-19)33-15-14-32-21/h7-8,16,20H,5-6,9-15,17-18H2,1-4H3,(H,27,31)/t20-/m1/s1. The SMILES string of the molecule is CCCCN1C(=O)[C@@H](CC(C)(C)C)NC(=O)C12CCN(Cc1ccc3c(c1)OCCO3)CC2. The molecule has 0 unspecified atom stereocenters. The maximum atomic E-state index is 13.5. The Labute approximate surface area is 197 Å². The van der Waals surface area contributed by atoms with E-state index in [-0.39, 0.29) is 17.2 Å². The van der Waals surface area contributed by atoms with Crippen LogP contribution in [0.25, 0.3) is 0 Å². The highest BCUT2D eigenvalue weighted by Crippen LogP contribution is 2.36. The van der Waals surface area contributed by atoms with Crippen molar-refractivity contribution >= 4 is 11.8 Å². The number of amides is 2. The fourth-order valence-corrected chi connectivity index (χ4v) is 5.29. The van der Waals surface area contributed by atoms with E-state index in [4.69, 9.17) is 9.47 Å². The van der Waals surface area contributed by atoms with Crippen molar-refractivity contribution in [1.29, 1.82) is 0 Å². The number of nitrogens with zero attached hydrogens (tertiary/aromatic N) is 2. The van der Waals surface area contributed by atoms with E-state index in [2.05, 4.69) is 50.0 Å². The van der Waals surface area contributed by atoms with Gasteiger partial charge in [-0.3, -0.25) is 14.5 Å². The third-order valence-electron chi connectivity index (χ3n) is 7.06. The molecule has 1 N–H and O–H groups in total. The molecule has 33 heavy (non-hydrogen) atoms. The number of carbonyl (C=O) groups is 2. The maximum absolute atomic E-state index is 13.5. The molecule has 3 heterocycles. The molecule has 3 aliphatic rings. The lowest BCUT2D eigenvalue weighted by molar-refractivity contribution is -0.162. The molecule has 1 aromatic carbocycles. The minimum atomic E-state index is -0.718. The summed E-state index contributed by atoms with van der Waals surface area (Å²) in [5.74, 6) is 1.74. The van der Waals surface area contributed by atoms with Gasteiger partial charge in [0.05, 0.1) is 0 Å².